The Bertz CT molecular complexity index is 1690. The predicted molar refractivity (Wildman–Crippen MR) is 158 cm³/mol. The molecule has 13 heteroatoms. The molecule has 0 spiro atoms. The Labute approximate surface area is 252 Å². The van der Waals surface area contributed by atoms with Crippen LogP contribution in [0.5, 0.6) is 11.5 Å². The van der Waals surface area contributed by atoms with Gasteiger partial charge in [-0.15, -0.1) is 0 Å². The van der Waals surface area contributed by atoms with Gasteiger partial charge in [-0.3, -0.25) is 19.1 Å². The molecule has 0 aliphatic heterocycles. The highest BCUT2D eigenvalue weighted by atomic mass is 35.5. The number of pyridine rings is 1. The monoisotopic (exact) mass is 609 g/mol. The molecule has 1 aliphatic rings. The highest BCUT2D eigenvalue weighted by Gasteiger charge is 2.35. The summed E-state index contributed by atoms with van der Waals surface area (Å²) in [5, 5.41) is 7.31. The van der Waals surface area contributed by atoms with Gasteiger partial charge >= 0.3 is 12.1 Å². The molecule has 0 radical (unpaired) electrons. The standard InChI is InChI=1S/C30H32ClN5O7/c1-30(2,3)43-29(39)33-14-27(37)42-26(18-5-6-18)16-41-24-10-8-21(12-25(24)40-4)35-17-34-36-15-19(11-23(36)28(35)38)22-9-7-20(31)13-32-22/h7-13,15,17-18,26H,5-6,14,16H2,1-4H3,(H,33,39). The first-order valence-electron chi connectivity index (χ1n) is 13.7. The van der Waals surface area contributed by atoms with Crippen LogP contribution in [0.1, 0.15) is 33.6 Å². The number of benzene rings is 1. The second-order valence-electron chi connectivity index (χ2n) is 11.1. The number of aromatic nitrogens is 4. The molecular weight excluding hydrogens is 578 g/mol. The van der Waals surface area contributed by atoms with Crippen molar-refractivity contribution in [3.63, 3.8) is 0 Å². The summed E-state index contributed by atoms with van der Waals surface area (Å²) in [5.74, 6) is 0.386. The van der Waals surface area contributed by atoms with E-state index in [2.05, 4.69) is 15.4 Å². The van der Waals surface area contributed by atoms with Crippen molar-refractivity contribution < 1.29 is 28.5 Å². The van der Waals surface area contributed by atoms with Crippen molar-refractivity contribution in [1.82, 2.24) is 24.5 Å². The molecule has 1 unspecified atom stereocenters. The van der Waals surface area contributed by atoms with E-state index in [1.807, 2.05) is 0 Å². The maximum absolute atomic E-state index is 13.4. The molecule has 226 valence electrons. The van der Waals surface area contributed by atoms with Crippen LogP contribution < -0.4 is 20.3 Å². The maximum Gasteiger partial charge on any atom is 0.408 e. The number of methoxy groups -OCH3 is 1. The molecule has 1 saturated carbocycles. The molecule has 12 nitrogen and oxygen atoms in total. The second-order valence-corrected chi connectivity index (χ2v) is 11.5. The van der Waals surface area contributed by atoms with E-state index in [0.717, 1.165) is 18.4 Å². The van der Waals surface area contributed by atoms with Crippen LogP contribution >= 0.6 is 11.6 Å². The minimum atomic E-state index is -0.696. The number of alkyl carbamates (subject to hydrolysis) is 1. The first kappa shape index (κ1) is 29.9. The Morgan fingerprint density at radius 2 is 1.93 bits per heavy atom. The molecule has 1 aromatic carbocycles. The topological polar surface area (TPSA) is 135 Å². The van der Waals surface area contributed by atoms with Gasteiger partial charge in [0.15, 0.2) is 11.5 Å². The van der Waals surface area contributed by atoms with Crippen molar-refractivity contribution >= 4 is 29.2 Å². The van der Waals surface area contributed by atoms with Crippen LogP contribution in [-0.4, -0.2) is 63.2 Å². The highest BCUT2D eigenvalue weighted by molar-refractivity contribution is 6.30. The number of hydrogen-bond donors (Lipinski definition) is 1. The molecule has 1 N–H and O–H groups in total. The lowest BCUT2D eigenvalue weighted by Gasteiger charge is -2.21. The molecule has 4 aromatic rings. The van der Waals surface area contributed by atoms with Crippen molar-refractivity contribution in [2.45, 2.75) is 45.3 Å². The number of esters is 1. The van der Waals surface area contributed by atoms with Gasteiger partial charge in [-0.25, -0.2) is 9.31 Å². The third-order valence-corrected chi connectivity index (χ3v) is 6.81. The third kappa shape index (κ3) is 7.44. The van der Waals surface area contributed by atoms with Crippen LogP contribution in [0.15, 0.2) is 59.9 Å². The fraction of sp³-hybridized carbons (Fsp3) is 0.367. The Morgan fingerprint density at radius 1 is 1.14 bits per heavy atom. The van der Waals surface area contributed by atoms with Crippen LogP contribution in [0, 0.1) is 5.92 Å². The van der Waals surface area contributed by atoms with Gasteiger partial charge in [0.05, 0.1) is 23.5 Å². The molecule has 3 aromatic heterocycles. The van der Waals surface area contributed by atoms with E-state index in [1.54, 1.807) is 69.6 Å². The Kier molecular flexibility index (Phi) is 8.58. The Morgan fingerprint density at radius 3 is 2.60 bits per heavy atom. The fourth-order valence-electron chi connectivity index (χ4n) is 4.36. The summed E-state index contributed by atoms with van der Waals surface area (Å²) in [6, 6.07) is 10.3. The van der Waals surface area contributed by atoms with E-state index in [4.69, 9.17) is 30.5 Å². The average Bonchev–Trinajstić information content (AvgIpc) is 3.72. The van der Waals surface area contributed by atoms with Gasteiger partial charge in [0.25, 0.3) is 5.56 Å². The molecule has 0 bridgehead atoms. The predicted octanol–water partition coefficient (Wildman–Crippen LogP) is 4.43. The van der Waals surface area contributed by atoms with Crippen LogP contribution in [0.25, 0.3) is 22.5 Å². The molecule has 3 heterocycles. The van der Waals surface area contributed by atoms with E-state index >= 15 is 0 Å². The number of carbonyl (C=O) groups is 2. The van der Waals surface area contributed by atoms with Gasteiger partial charge in [0.1, 0.15) is 36.7 Å². The van der Waals surface area contributed by atoms with E-state index < -0.39 is 23.8 Å². The molecule has 1 aliphatic carbocycles. The van der Waals surface area contributed by atoms with Crippen LogP contribution in [-0.2, 0) is 14.3 Å². The molecule has 1 amide bonds. The molecule has 43 heavy (non-hydrogen) atoms. The average molecular weight is 610 g/mol. The molecular formula is C30H32ClN5O7. The van der Waals surface area contributed by atoms with Crippen LogP contribution in [0.2, 0.25) is 5.02 Å². The van der Waals surface area contributed by atoms with Gasteiger partial charge < -0.3 is 24.3 Å². The lowest BCUT2D eigenvalue weighted by atomic mass is 10.2. The third-order valence-electron chi connectivity index (χ3n) is 6.59. The lowest BCUT2D eigenvalue weighted by Crippen LogP contribution is -2.38. The van der Waals surface area contributed by atoms with Gasteiger partial charge in [0.2, 0.25) is 0 Å². The van der Waals surface area contributed by atoms with Crippen molar-refractivity contribution in [3.05, 3.63) is 70.5 Å². The number of carbonyl (C=O) groups excluding carboxylic acids is 2. The molecule has 5 rings (SSSR count). The van der Waals surface area contributed by atoms with Gasteiger partial charge in [0, 0.05) is 24.0 Å². The van der Waals surface area contributed by atoms with Crippen LogP contribution in [0.3, 0.4) is 0 Å². The van der Waals surface area contributed by atoms with E-state index in [-0.39, 0.29) is 24.6 Å². The van der Waals surface area contributed by atoms with Crippen molar-refractivity contribution in [3.8, 4) is 28.4 Å². The number of fused-ring (bicyclic) bond motifs is 1. The largest absolute Gasteiger partial charge is 0.493 e. The highest BCUT2D eigenvalue weighted by Crippen LogP contribution is 2.36. The van der Waals surface area contributed by atoms with Crippen molar-refractivity contribution in [1.29, 1.82) is 0 Å². The fourth-order valence-corrected chi connectivity index (χ4v) is 4.47. The zero-order chi connectivity index (χ0) is 30.7. The second kappa shape index (κ2) is 12.3. The van der Waals surface area contributed by atoms with Crippen molar-refractivity contribution in [2.24, 2.45) is 5.92 Å². The zero-order valence-corrected chi connectivity index (χ0v) is 25.0. The van der Waals surface area contributed by atoms with E-state index in [0.29, 0.717) is 33.4 Å². The first-order chi connectivity index (χ1) is 20.5. The maximum atomic E-state index is 13.4. The molecule has 0 saturated heterocycles. The lowest BCUT2D eigenvalue weighted by molar-refractivity contribution is -0.150. The summed E-state index contributed by atoms with van der Waals surface area (Å²) in [6.07, 6.45) is 5.32. The number of hydrogen-bond acceptors (Lipinski definition) is 9. The van der Waals surface area contributed by atoms with E-state index in [1.165, 1.54) is 22.5 Å². The molecule has 1 fully saturated rings. The van der Waals surface area contributed by atoms with Gasteiger partial charge in [-0.05, 0) is 69.9 Å². The summed E-state index contributed by atoms with van der Waals surface area (Å²) in [6.45, 7) is 4.98. The Balaban J connectivity index is 1.27. The first-order valence-corrected chi connectivity index (χ1v) is 14.1. The number of ether oxygens (including phenoxy) is 4. The number of amides is 1. The summed E-state index contributed by atoms with van der Waals surface area (Å²) in [5.41, 5.74) is 1.32. The minimum Gasteiger partial charge on any atom is -0.493 e. The molecule has 1 atom stereocenters. The number of rotatable bonds is 10. The minimum absolute atomic E-state index is 0.0949. The number of halogens is 1. The van der Waals surface area contributed by atoms with Gasteiger partial charge in [-0.2, -0.15) is 5.10 Å². The summed E-state index contributed by atoms with van der Waals surface area (Å²) < 4.78 is 25.2. The zero-order valence-electron chi connectivity index (χ0n) is 24.2. The Hall–Kier alpha value is -4.58. The van der Waals surface area contributed by atoms with Gasteiger partial charge in [-0.1, -0.05) is 11.6 Å². The SMILES string of the molecule is COc1cc(-n2cnn3cc(-c4ccc(Cl)cn4)cc3c2=O)ccc1OCC(OC(=O)CNC(=O)OC(C)(C)C)C1CC1. The smallest absolute Gasteiger partial charge is 0.408 e. The summed E-state index contributed by atoms with van der Waals surface area (Å²) >= 11 is 5.95. The number of nitrogens with one attached hydrogen (secondary N) is 1. The summed E-state index contributed by atoms with van der Waals surface area (Å²) in [4.78, 5) is 41.9. The summed E-state index contributed by atoms with van der Waals surface area (Å²) in [7, 11) is 1.50. The normalized spacial score (nSPS) is 13.8. The van der Waals surface area contributed by atoms with Crippen LogP contribution in [0.4, 0.5) is 4.79 Å². The van der Waals surface area contributed by atoms with E-state index in [9.17, 15) is 14.4 Å². The van der Waals surface area contributed by atoms with Crippen molar-refractivity contribution in [2.75, 3.05) is 20.3 Å². The number of nitrogens with zero attached hydrogens (tertiary/aromatic N) is 4. The quantitative estimate of drug-likeness (QED) is 0.259.